The molecule has 4 rings (SSSR count). The Labute approximate surface area is 176 Å². The molecule has 1 unspecified atom stereocenters. The van der Waals surface area contributed by atoms with E-state index < -0.39 is 17.1 Å². The van der Waals surface area contributed by atoms with E-state index in [9.17, 15) is 8.42 Å². The van der Waals surface area contributed by atoms with Crippen molar-refractivity contribution in [1.29, 1.82) is 0 Å². The Bertz CT molecular complexity index is 1060. The van der Waals surface area contributed by atoms with Crippen LogP contribution in [0.3, 0.4) is 0 Å². The first-order chi connectivity index (χ1) is 14.5. The van der Waals surface area contributed by atoms with Crippen LogP contribution in [-0.2, 0) is 19.9 Å². The number of ether oxygens (including phenoxy) is 1. The Morgan fingerprint density at radius 2 is 1.97 bits per heavy atom. The molecule has 1 aliphatic rings. The van der Waals surface area contributed by atoms with Gasteiger partial charge in [0.05, 0.1) is 31.1 Å². The largest absolute Gasteiger partial charge is 0.377 e. The molecule has 2 aromatic heterocycles. The van der Waals surface area contributed by atoms with Gasteiger partial charge < -0.3 is 9.64 Å². The van der Waals surface area contributed by atoms with Gasteiger partial charge in [0.15, 0.2) is 5.82 Å². The molecular weight excluding hydrogens is 406 g/mol. The molecule has 0 radical (unpaired) electrons. The maximum absolute atomic E-state index is 11.1. The molecule has 3 aromatic rings. The molecule has 30 heavy (non-hydrogen) atoms. The number of thiol groups is 1. The van der Waals surface area contributed by atoms with Gasteiger partial charge >= 0.3 is 0 Å². The van der Waals surface area contributed by atoms with E-state index in [4.69, 9.17) is 13.9 Å². The standard InChI is InChI=1S/C20H23N5O4S/c1-13-12-28-8-7-25(13)19-9-18(14(2)29-30(26)27)23-20(24-19)16-5-3-15(4-6-16)17-10-21-22-11-17/h3-6,9-11,13-14,30H,7-8,12H2,1-2H3,(H,21,22)/t13-,14?/m0/s1. The third-order valence-electron chi connectivity index (χ3n) is 5.03. The van der Waals surface area contributed by atoms with Crippen LogP contribution in [-0.4, -0.2) is 54.4 Å². The average Bonchev–Trinajstić information content (AvgIpc) is 3.28. The minimum absolute atomic E-state index is 0.144. The highest BCUT2D eigenvalue weighted by molar-refractivity contribution is 7.67. The first kappa shape index (κ1) is 20.5. The molecule has 1 aliphatic heterocycles. The van der Waals surface area contributed by atoms with Crippen LogP contribution in [0.2, 0.25) is 0 Å². The number of morpholine rings is 1. The molecule has 0 aliphatic carbocycles. The number of H-pyrrole nitrogens is 1. The van der Waals surface area contributed by atoms with E-state index in [0.29, 0.717) is 31.3 Å². The quantitative estimate of drug-likeness (QED) is 0.575. The second-order valence-corrected chi connectivity index (χ2v) is 7.79. The summed E-state index contributed by atoms with van der Waals surface area (Å²) in [6.45, 7) is 5.63. The van der Waals surface area contributed by atoms with Gasteiger partial charge in [0.1, 0.15) is 11.9 Å². The number of hydrogen-bond donors (Lipinski definition) is 2. The highest BCUT2D eigenvalue weighted by Gasteiger charge is 2.23. The molecule has 158 valence electrons. The van der Waals surface area contributed by atoms with Gasteiger partial charge in [-0.15, -0.1) is 0 Å². The van der Waals surface area contributed by atoms with Crippen LogP contribution in [0.15, 0.2) is 42.7 Å². The van der Waals surface area contributed by atoms with Crippen LogP contribution in [0.4, 0.5) is 5.82 Å². The van der Waals surface area contributed by atoms with E-state index in [1.165, 1.54) is 0 Å². The highest BCUT2D eigenvalue weighted by Crippen LogP contribution is 2.28. The van der Waals surface area contributed by atoms with Crippen molar-refractivity contribution in [1.82, 2.24) is 20.2 Å². The van der Waals surface area contributed by atoms with Crippen molar-refractivity contribution in [3.8, 4) is 22.5 Å². The highest BCUT2D eigenvalue weighted by atomic mass is 32.2. The molecule has 3 heterocycles. The molecule has 1 aromatic carbocycles. The number of nitrogens with zero attached hydrogens (tertiary/aromatic N) is 4. The van der Waals surface area contributed by atoms with Gasteiger partial charge in [-0.25, -0.2) is 18.4 Å². The molecule has 10 heteroatoms. The lowest BCUT2D eigenvalue weighted by molar-refractivity contribution is 0.0985. The van der Waals surface area contributed by atoms with Crippen LogP contribution in [0.25, 0.3) is 22.5 Å². The van der Waals surface area contributed by atoms with Crippen LogP contribution >= 0.6 is 0 Å². The molecule has 2 atom stereocenters. The van der Waals surface area contributed by atoms with Crippen molar-refractivity contribution >= 4 is 16.8 Å². The summed E-state index contributed by atoms with van der Waals surface area (Å²) in [6, 6.07) is 9.75. The Morgan fingerprint density at radius 3 is 2.63 bits per heavy atom. The summed E-state index contributed by atoms with van der Waals surface area (Å²) in [6.07, 6.45) is 2.87. The van der Waals surface area contributed by atoms with Crippen molar-refractivity contribution < 1.29 is 17.3 Å². The zero-order valence-corrected chi connectivity index (χ0v) is 17.6. The molecule has 1 saturated heterocycles. The van der Waals surface area contributed by atoms with E-state index in [2.05, 4.69) is 27.0 Å². The Hall–Kier alpha value is -2.82. The van der Waals surface area contributed by atoms with Gasteiger partial charge in [-0.2, -0.15) is 5.10 Å². The topological polar surface area (TPSA) is 110 Å². The van der Waals surface area contributed by atoms with Crippen molar-refractivity contribution in [2.45, 2.75) is 26.0 Å². The first-order valence-electron chi connectivity index (χ1n) is 9.65. The fourth-order valence-corrected chi connectivity index (χ4v) is 3.77. The number of rotatable bonds is 6. The predicted octanol–water partition coefficient (Wildman–Crippen LogP) is 2.36. The number of nitrogens with one attached hydrogen (secondary N) is 1. The molecule has 0 bridgehead atoms. The first-order valence-corrected chi connectivity index (χ1v) is 10.7. The number of hydrogen-bond acceptors (Lipinski definition) is 8. The SMILES string of the molecule is CC(O[SH](=O)=O)c1cc(N2CCOC[C@@H]2C)nc(-c2ccc(-c3cn[nH]c3)cc2)n1. The van der Waals surface area contributed by atoms with E-state index in [-0.39, 0.29) is 6.04 Å². The van der Waals surface area contributed by atoms with Gasteiger partial charge in [0, 0.05) is 29.9 Å². The van der Waals surface area contributed by atoms with Crippen LogP contribution in [0, 0.1) is 0 Å². The Balaban J connectivity index is 1.73. The van der Waals surface area contributed by atoms with Crippen molar-refractivity contribution in [2.75, 3.05) is 24.7 Å². The molecule has 0 amide bonds. The summed E-state index contributed by atoms with van der Waals surface area (Å²) < 4.78 is 32.6. The Morgan fingerprint density at radius 1 is 1.20 bits per heavy atom. The lowest BCUT2D eigenvalue weighted by atomic mass is 10.1. The maximum Gasteiger partial charge on any atom is 0.257 e. The van der Waals surface area contributed by atoms with Gasteiger partial charge in [-0.05, 0) is 19.4 Å². The molecule has 9 nitrogen and oxygen atoms in total. The zero-order chi connectivity index (χ0) is 21.1. The average molecular weight is 430 g/mol. The number of aromatic nitrogens is 4. The second-order valence-electron chi connectivity index (χ2n) is 7.13. The van der Waals surface area contributed by atoms with E-state index in [1.807, 2.05) is 30.5 Å². The van der Waals surface area contributed by atoms with Crippen LogP contribution in [0.5, 0.6) is 0 Å². The summed E-state index contributed by atoms with van der Waals surface area (Å²) in [5.74, 6) is 1.23. The number of aromatic amines is 1. The maximum atomic E-state index is 11.1. The van der Waals surface area contributed by atoms with Gasteiger partial charge in [-0.3, -0.25) is 9.28 Å². The fourth-order valence-electron chi connectivity index (χ4n) is 3.41. The molecular formula is C20H23N5O4S. The third-order valence-corrected chi connectivity index (χ3v) is 5.52. The fraction of sp³-hybridized carbons (Fsp3) is 0.350. The van der Waals surface area contributed by atoms with E-state index in [0.717, 1.165) is 22.5 Å². The molecule has 1 N–H and O–H groups in total. The van der Waals surface area contributed by atoms with Crippen molar-refractivity contribution in [3.05, 3.63) is 48.4 Å². The smallest absolute Gasteiger partial charge is 0.257 e. The van der Waals surface area contributed by atoms with E-state index >= 15 is 0 Å². The zero-order valence-electron chi connectivity index (χ0n) is 16.7. The van der Waals surface area contributed by atoms with Crippen LogP contribution < -0.4 is 4.90 Å². The third kappa shape index (κ3) is 4.50. The molecule has 0 spiro atoms. The lowest BCUT2D eigenvalue weighted by Crippen LogP contribution is -2.44. The molecule has 0 saturated carbocycles. The normalized spacial score (nSPS) is 18.0. The molecule has 1 fully saturated rings. The number of anilines is 1. The Kier molecular flexibility index (Phi) is 6.07. The van der Waals surface area contributed by atoms with Crippen LogP contribution in [0.1, 0.15) is 25.6 Å². The summed E-state index contributed by atoms with van der Waals surface area (Å²) in [5.41, 5.74) is 3.34. The summed E-state index contributed by atoms with van der Waals surface area (Å²) >= 11 is 0. The van der Waals surface area contributed by atoms with Gasteiger partial charge in [0.25, 0.3) is 11.0 Å². The monoisotopic (exact) mass is 429 g/mol. The van der Waals surface area contributed by atoms with Gasteiger partial charge in [-0.1, -0.05) is 24.3 Å². The van der Waals surface area contributed by atoms with E-state index in [1.54, 1.807) is 19.2 Å². The summed E-state index contributed by atoms with van der Waals surface area (Å²) in [4.78, 5) is 11.5. The van der Waals surface area contributed by atoms with Crippen molar-refractivity contribution in [2.24, 2.45) is 0 Å². The van der Waals surface area contributed by atoms with Gasteiger partial charge in [0.2, 0.25) is 0 Å². The summed E-state index contributed by atoms with van der Waals surface area (Å²) in [5, 5.41) is 6.78. The predicted molar refractivity (Wildman–Crippen MR) is 112 cm³/mol. The summed E-state index contributed by atoms with van der Waals surface area (Å²) in [7, 11) is -2.99. The number of benzene rings is 1. The lowest BCUT2D eigenvalue weighted by Gasteiger charge is -2.34. The minimum Gasteiger partial charge on any atom is -0.377 e. The minimum atomic E-state index is -2.99. The van der Waals surface area contributed by atoms with Crippen molar-refractivity contribution in [3.63, 3.8) is 0 Å². The second kappa shape index (κ2) is 8.90.